The van der Waals surface area contributed by atoms with E-state index in [1.54, 1.807) is 0 Å². The molecular weight excluding hydrogens is 250 g/mol. The van der Waals surface area contributed by atoms with Crippen molar-refractivity contribution in [2.75, 3.05) is 19.6 Å². The van der Waals surface area contributed by atoms with Gasteiger partial charge in [0, 0.05) is 19.6 Å². The van der Waals surface area contributed by atoms with Crippen LogP contribution in [0.2, 0.25) is 0 Å². The second-order valence-electron chi connectivity index (χ2n) is 4.75. The maximum atomic E-state index is 6.02. The molecule has 2 aliphatic heterocycles. The third kappa shape index (κ3) is 4.05. The Balaban J connectivity index is 0.00000162. The van der Waals surface area contributed by atoms with Gasteiger partial charge in [0.05, 0.1) is 6.04 Å². The summed E-state index contributed by atoms with van der Waals surface area (Å²) in [6.07, 6.45) is 5.91. The molecule has 5 nitrogen and oxygen atoms in total. The quantitative estimate of drug-likeness (QED) is 0.560. The van der Waals surface area contributed by atoms with Gasteiger partial charge in [0.25, 0.3) is 0 Å². The van der Waals surface area contributed by atoms with E-state index in [2.05, 4.69) is 27.1 Å². The van der Waals surface area contributed by atoms with Gasteiger partial charge in [-0.3, -0.25) is 0 Å². The monoisotopic (exact) mass is 273 g/mol. The van der Waals surface area contributed by atoms with Gasteiger partial charge < -0.3 is 16.0 Å². The highest BCUT2D eigenvalue weighted by Gasteiger charge is 2.15. The molecule has 2 heterocycles. The van der Waals surface area contributed by atoms with Crippen molar-refractivity contribution in [3.8, 4) is 0 Å². The number of aliphatic imine (C=N–C) groups is 2. The average Bonchev–Trinajstić information content (AvgIpc) is 2.40. The number of hydrogen-bond donors (Lipinski definition) is 2. The lowest BCUT2D eigenvalue weighted by Crippen LogP contribution is -2.43. The number of nitrogens with one attached hydrogen (secondary N) is 1. The van der Waals surface area contributed by atoms with Crippen LogP contribution >= 0.6 is 12.4 Å². The average molecular weight is 274 g/mol. The zero-order valence-electron chi connectivity index (χ0n) is 11.1. The van der Waals surface area contributed by atoms with Crippen LogP contribution in [0.25, 0.3) is 0 Å². The molecule has 0 aromatic rings. The second-order valence-corrected chi connectivity index (χ2v) is 4.75. The standard InChI is InChI=1S/C12H23N5.ClH/c1-2-10-6-7-14-12(15-10)16-11(13)17-8-4-3-5-9-17;/h10H,2-9H2,1H3,(H3,13,14,15,16);1H. The zero-order chi connectivity index (χ0) is 12.1. The van der Waals surface area contributed by atoms with Gasteiger partial charge in [-0.25, -0.2) is 4.99 Å². The maximum absolute atomic E-state index is 6.02. The van der Waals surface area contributed by atoms with Crippen LogP contribution in [0.4, 0.5) is 0 Å². The van der Waals surface area contributed by atoms with E-state index in [1.807, 2.05) is 0 Å². The highest BCUT2D eigenvalue weighted by Crippen LogP contribution is 2.09. The van der Waals surface area contributed by atoms with Gasteiger partial charge in [0.15, 0.2) is 5.96 Å². The normalized spacial score (nSPS) is 24.9. The molecule has 0 aromatic heterocycles. The van der Waals surface area contributed by atoms with Gasteiger partial charge in [-0.15, -0.1) is 12.4 Å². The highest BCUT2D eigenvalue weighted by atomic mass is 35.5. The van der Waals surface area contributed by atoms with Crippen LogP contribution in [-0.2, 0) is 0 Å². The molecule has 6 heteroatoms. The van der Waals surface area contributed by atoms with E-state index in [0.29, 0.717) is 18.0 Å². The van der Waals surface area contributed by atoms with Crippen LogP contribution in [0.1, 0.15) is 39.0 Å². The van der Waals surface area contributed by atoms with Crippen LogP contribution < -0.4 is 11.1 Å². The van der Waals surface area contributed by atoms with Crippen molar-refractivity contribution < 1.29 is 0 Å². The van der Waals surface area contributed by atoms with E-state index in [4.69, 9.17) is 5.73 Å². The Morgan fingerprint density at radius 1 is 1.44 bits per heavy atom. The summed E-state index contributed by atoms with van der Waals surface area (Å²) in [5.41, 5.74) is 6.02. The number of guanidine groups is 2. The van der Waals surface area contributed by atoms with Gasteiger partial charge >= 0.3 is 0 Å². The summed E-state index contributed by atoms with van der Waals surface area (Å²) in [5.74, 6) is 1.33. The summed E-state index contributed by atoms with van der Waals surface area (Å²) in [5, 5.41) is 3.21. The van der Waals surface area contributed by atoms with Crippen LogP contribution in [0, 0.1) is 0 Å². The van der Waals surface area contributed by atoms with E-state index in [9.17, 15) is 0 Å². The van der Waals surface area contributed by atoms with Crippen molar-refractivity contribution in [2.45, 2.75) is 45.1 Å². The number of piperidine rings is 1. The van der Waals surface area contributed by atoms with E-state index in [1.165, 1.54) is 19.3 Å². The summed E-state index contributed by atoms with van der Waals surface area (Å²) < 4.78 is 0. The Morgan fingerprint density at radius 3 is 2.83 bits per heavy atom. The van der Waals surface area contributed by atoms with Crippen LogP contribution in [0.5, 0.6) is 0 Å². The molecule has 3 N–H and O–H groups in total. The largest absolute Gasteiger partial charge is 0.369 e. The topological polar surface area (TPSA) is 66.0 Å². The first-order chi connectivity index (χ1) is 8.29. The molecule has 1 saturated heterocycles. The molecule has 0 bridgehead atoms. The van der Waals surface area contributed by atoms with Gasteiger partial charge in [0.1, 0.15) is 0 Å². The Morgan fingerprint density at radius 2 is 2.17 bits per heavy atom. The van der Waals surface area contributed by atoms with Crippen molar-refractivity contribution >= 4 is 24.3 Å². The first-order valence-electron chi connectivity index (χ1n) is 6.70. The first-order valence-corrected chi connectivity index (χ1v) is 6.70. The van der Waals surface area contributed by atoms with Crippen LogP contribution in [0.15, 0.2) is 9.98 Å². The van der Waals surface area contributed by atoms with Gasteiger partial charge in [0.2, 0.25) is 5.96 Å². The van der Waals surface area contributed by atoms with Crippen molar-refractivity contribution in [3.05, 3.63) is 0 Å². The molecular formula is C12H24ClN5. The molecule has 0 amide bonds. The van der Waals surface area contributed by atoms with Crippen molar-refractivity contribution in [2.24, 2.45) is 15.7 Å². The summed E-state index contributed by atoms with van der Waals surface area (Å²) in [6, 6.07) is 0.407. The maximum Gasteiger partial charge on any atom is 0.221 e. The van der Waals surface area contributed by atoms with Gasteiger partial charge in [-0.1, -0.05) is 6.92 Å². The lowest BCUT2D eigenvalue weighted by molar-refractivity contribution is 0.339. The number of hydrogen-bond acceptors (Lipinski definition) is 3. The zero-order valence-corrected chi connectivity index (χ0v) is 11.9. The highest BCUT2D eigenvalue weighted by molar-refractivity contribution is 5.94. The fourth-order valence-corrected chi connectivity index (χ4v) is 2.30. The number of likely N-dealkylation sites (tertiary alicyclic amines) is 1. The van der Waals surface area contributed by atoms with E-state index in [-0.39, 0.29) is 12.4 Å². The summed E-state index contributed by atoms with van der Waals surface area (Å²) in [4.78, 5) is 11.1. The summed E-state index contributed by atoms with van der Waals surface area (Å²) in [7, 11) is 0. The Hall–Kier alpha value is -0.970. The molecule has 0 aliphatic carbocycles. The smallest absolute Gasteiger partial charge is 0.221 e. The Labute approximate surface area is 115 Å². The minimum absolute atomic E-state index is 0. The van der Waals surface area contributed by atoms with E-state index in [0.717, 1.165) is 32.5 Å². The third-order valence-electron chi connectivity index (χ3n) is 3.44. The second kappa shape index (κ2) is 7.46. The van der Waals surface area contributed by atoms with Crippen LogP contribution in [0.3, 0.4) is 0 Å². The molecule has 0 aromatic carbocycles. The molecule has 0 saturated carbocycles. The minimum atomic E-state index is 0. The number of halogens is 1. The molecule has 2 aliphatic rings. The van der Waals surface area contributed by atoms with Crippen molar-refractivity contribution in [3.63, 3.8) is 0 Å². The lowest BCUT2D eigenvalue weighted by atomic mass is 10.1. The summed E-state index contributed by atoms with van der Waals surface area (Å²) in [6.45, 7) is 5.17. The van der Waals surface area contributed by atoms with E-state index >= 15 is 0 Å². The summed E-state index contributed by atoms with van der Waals surface area (Å²) >= 11 is 0. The fourth-order valence-electron chi connectivity index (χ4n) is 2.30. The predicted octanol–water partition coefficient (Wildman–Crippen LogP) is 1.34. The number of nitrogens with zero attached hydrogens (tertiary/aromatic N) is 3. The fraction of sp³-hybridized carbons (Fsp3) is 0.833. The lowest BCUT2D eigenvalue weighted by Gasteiger charge is -2.28. The Kier molecular flexibility index (Phi) is 6.25. The molecule has 0 spiro atoms. The molecule has 2 rings (SSSR count). The SMILES string of the molecule is CCC1CCNC(N=C(N)N2CCCCC2)=N1.Cl. The van der Waals surface area contributed by atoms with Gasteiger partial charge in [-0.2, -0.15) is 4.99 Å². The molecule has 0 radical (unpaired) electrons. The molecule has 1 atom stereocenters. The van der Waals surface area contributed by atoms with Gasteiger partial charge in [-0.05, 0) is 32.1 Å². The third-order valence-corrected chi connectivity index (χ3v) is 3.44. The first kappa shape index (κ1) is 15.1. The van der Waals surface area contributed by atoms with Crippen molar-refractivity contribution in [1.29, 1.82) is 0 Å². The molecule has 1 fully saturated rings. The molecule has 104 valence electrons. The molecule has 1 unspecified atom stereocenters. The minimum Gasteiger partial charge on any atom is -0.369 e. The predicted molar refractivity (Wildman–Crippen MR) is 78.4 cm³/mol. The Bertz CT molecular complexity index is 310. The van der Waals surface area contributed by atoms with Crippen molar-refractivity contribution in [1.82, 2.24) is 10.2 Å². The number of rotatable bonds is 1. The number of nitrogens with two attached hydrogens (primary N) is 1. The van der Waals surface area contributed by atoms with E-state index < -0.39 is 0 Å². The van der Waals surface area contributed by atoms with Crippen LogP contribution in [-0.4, -0.2) is 42.5 Å². The molecule has 18 heavy (non-hydrogen) atoms.